The summed E-state index contributed by atoms with van der Waals surface area (Å²) in [5.74, 6) is -0.159. The van der Waals surface area contributed by atoms with E-state index in [1.165, 1.54) is 25.7 Å². The highest BCUT2D eigenvalue weighted by molar-refractivity contribution is 5.71. The zero-order valence-electron chi connectivity index (χ0n) is 16.4. The molecular weight excluding hydrogens is 304 g/mol. The standard InChI is InChI=1S/C18H40N4O2/c1-5-10-19-12-9-14-22(4)13-8-6-7-11-20-17-18(23)24-16-15-21(2)3/h19-20H,5-17H2,1-4H3. The molecule has 6 heteroatoms. The smallest absolute Gasteiger partial charge is 0.319 e. The predicted molar refractivity (Wildman–Crippen MR) is 102 cm³/mol. The summed E-state index contributed by atoms with van der Waals surface area (Å²) < 4.78 is 5.12. The Hall–Kier alpha value is -0.690. The van der Waals surface area contributed by atoms with Crippen LogP contribution in [0.4, 0.5) is 0 Å². The molecule has 0 amide bonds. The van der Waals surface area contributed by atoms with E-state index in [0.29, 0.717) is 13.2 Å². The Morgan fingerprint density at radius 2 is 1.58 bits per heavy atom. The third-order valence-electron chi connectivity index (χ3n) is 3.78. The van der Waals surface area contributed by atoms with E-state index < -0.39 is 0 Å². The third kappa shape index (κ3) is 17.7. The molecule has 0 heterocycles. The van der Waals surface area contributed by atoms with E-state index >= 15 is 0 Å². The van der Waals surface area contributed by atoms with Crippen molar-refractivity contribution in [1.82, 2.24) is 20.4 Å². The summed E-state index contributed by atoms with van der Waals surface area (Å²) in [5, 5.41) is 6.59. The third-order valence-corrected chi connectivity index (χ3v) is 3.78. The van der Waals surface area contributed by atoms with Crippen molar-refractivity contribution in [3.8, 4) is 0 Å². The van der Waals surface area contributed by atoms with Crippen LogP contribution < -0.4 is 10.6 Å². The van der Waals surface area contributed by atoms with E-state index in [4.69, 9.17) is 4.74 Å². The first-order valence-corrected chi connectivity index (χ1v) is 9.46. The Bertz CT molecular complexity index is 288. The molecule has 0 spiro atoms. The number of rotatable bonds is 17. The number of ether oxygens (including phenoxy) is 1. The molecule has 24 heavy (non-hydrogen) atoms. The zero-order valence-corrected chi connectivity index (χ0v) is 16.4. The Kier molecular flexibility index (Phi) is 16.7. The Morgan fingerprint density at radius 3 is 2.29 bits per heavy atom. The molecule has 144 valence electrons. The average Bonchev–Trinajstić information content (AvgIpc) is 2.53. The van der Waals surface area contributed by atoms with E-state index in [-0.39, 0.29) is 5.97 Å². The second-order valence-electron chi connectivity index (χ2n) is 6.67. The Balaban J connectivity index is 3.27. The van der Waals surface area contributed by atoms with E-state index in [2.05, 4.69) is 29.5 Å². The van der Waals surface area contributed by atoms with Crippen molar-refractivity contribution >= 4 is 5.97 Å². The number of esters is 1. The summed E-state index contributed by atoms with van der Waals surface area (Å²) in [6, 6.07) is 0. The summed E-state index contributed by atoms with van der Waals surface area (Å²) in [6.45, 7) is 9.19. The number of carbonyl (C=O) groups excluding carboxylic acids is 1. The van der Waals surface area contributed by atoms with Gasteiger partial charge in [0.25, 0.3) is 0 Å². The molecule has 0 bridgehead atoms. The van der Waals surface area contributed by atoms with Crippen molar-refractivity contribution in [1.29, 1.82) is 0 Å². The SMILES string of the molecule is CCCNCCCN(C)CCCCCNCC(=O)OCCN(C)C. The molecule has 2 N–H and O–H groups in total. The minimum atomic E-state index is -0.159. The van der Waals surface area contributed by atoms with Gasteiger partial charge in [-0.05, 0) is 79.6 Å². The number of hydrogen-bond donors (Lipinski definition) is 2. The summed E-state index contributed by atoms with van der Waals surface area (Å²) in [6.07, 6.45) is 5.94. The maximum atomic E-state index is 11.5. The molecule has 0 aliphatic heterocycles. The van der Waals surface area contributed by atoms with E-state index in [0.717, 1.165) is 45.7 Å². The first-order chi connectivity index (χ1) is 11.6. The van der Waals surface area contributed by atoms with Crippen LogP contribution >= 0.6 is 0 Å². The zero-order chi connectivity index (χ0) is 18.0. The lowest BCUT2D eigenvalue weighted by Crippen LogP contribution is -2.28. The molecule has 0 fully saturated rings. The van der Waals surface area contributed by atoms with Crippen LogP contribution in [0.3, 0.4) is 0 Å². The van der Waals surface area contributed by atoms with Crippen LogP contribution in [-0.2, 0) is 9.53 Å². The molecule has 0 aromatic rings. The van der Waals surface area contributed by atoms with Crippen LogP contribution in [0.5, 0.6) is 0 Å². The number of nitrogens with zero attached hydrogens (tertiary/aromatic N) is 2. The van der Waals surface area contributed by atoms with E-state index in [1.807, 2.05) is 19.0 Å². The molecule has 0 aromatic carbocycles. The molecule has 0 aromatic heterocycles. The maximum Gasteiger partial charge on any atom is 0.319 e. The van der Waals surface area contributed by atoms with Gasteiger partial charge in [-0.25, -0.2) is 0 Å². The topological polar surface area (TPSA) is 56.8 Å². The van der Waals surface area contributed by atoms with Crippen LogP contribution in [0.2, 0.25) is 0 Å². The lowest BCUT2D eigenvalue weighted by molar-refractivity contribution is -0.142. The van der Waals surface area contributed by atoms with Crippen LogP contribution in [0.15, 0.2) is 0 Å². The highest BCUT2D eigenvalue weighted by Crippen LogP contribution is 1.97. The highest BCUT2D eigenvalue weighted by atomic mass is 16.5. The van der Waals surface area contributed by atoms with Gasteiger partial charge in [-0.2, -0.15) is 0 Å². The lowest BCUT2D eigenvalue weighted by Gasteiger charge is -2.16. The normalized spacial score (nSPS) is 11.4. The summed E-state index contributed by atoms with van der Waals surface area (Å²) in [5.41, 5.74) is 0. The first kappa shape index (κ1) is 23.3. The first-order valence-electron chi connectivity index (χ1n) is 9.46. The van der Waals surface area contributed by atoms with Crippen LogP contribution in [-0.4, -0.2) is 89.3 Å². The van der Waals surface area contributed by atoms with Crippen molar-refractivity contribution in [3.63, 3.8) is 0 Å². The van der Waals surface area contributed by atoms with Gasteiger partial charge in [0.1, 0.15) is 6.61 Å². The fourth-order valence-electron chi connectivity index (χ4n) is 2.28. The molecule has 6 nitrogen and oxygen atoms in total. The van der Waals surface area contributed by atoms with Crippen molar-refractivity contribution < 1.29 is 9.53 Å². The molecule has 0 atom stereocenters. The van der Waals surface area contributed by atoms with Gasteiger partial charge in [0.15, 0.2) is 0 Å². The van der Waals surface area contributed by atoms with Gasteiger partial charge in [-0.3, -0.25) is 4.79 Å². The van der Waals surface area contributed by atoms with Gasteiger partial charge >= 0.3 is 5.97 Å². The molecule has 0 rings (SSSR count). The van der Waals surface area contributed by atoms with Gasteiger partial charge in [0, 0.05) is 6.54 Å². The molecule has 0 aliphatic carbocycles. The minimum absolute atomic E-state index is 0.159. The number of unbranched alkanes of at least 4 members (excludes halogenated alkanes) is 2. The number of nitrogens with one attached hydrogen (secondary N) is 2. The van der Waals surface area contributed by atoms with Gasteiger partial charge in [-0.1, -0.05) is 13.3 Å². The number of carbonyl (C=O) groups is 1. The number of hydrogen-bond acceptors (Lipinski definition) is 6. The molecule has 0 radical (unpaired) electrons. The van der Waals surface area contributed by atoms with E-state index in [9.17, 15) is 4.79 Å². The Labute approximate surface area is 149 Å². The van der Waals surface area contributed by atoms with Crippen LogP contribution in [0, 0.1) is 0 Å². The quantitative estimate of drug-likeness (QED) is 0.305. The second-order valence-corrected chi connectivity index (χ2v) is 6.67. The van der Waals surface area contributed by atoms with E-state index in [1.54, 1.807) is 0 Å². The number of likely N-dealkylation sites (N-methyl/N-ethyl adjacent to an activating group) is 1. The molecule has 0 aliphatic rings. The maximum absolute atomic E-state index is 11.5. The van der Waals surface area contributed by atoms with Crippen LogP contribution in [0.25, 0.3) is 0 Å². The lowest BCUT2D eigenvalue weighted by atomic mass is 10.2. The van der Waals surface area contributed by atoms with Gasteiger partial charge in [0.05, 0.1) is 6.54 Å². The van der Waals surface area contributed by atoms with Crippen molar-refractivity contribution in [2.45, 2.75) is 39.0 Å². The minimum Gasteiger partial charge on any atom is -0.463 e. The van der Waals surface area contributed by atoms with Crippen molar-refractivity contribution in [2.24, 2.45) is 0 Å². The van der Waals surface area contributed by atoms with Gasteiger partial charge in [-0.15, -0.1) is 0 Å². The Morgan fingerprint density at radius 1 is 0.875 bits per heavy atom. The monoisotopic (exact) mass is 344 g/mol. The van der Waals surface area contributed by atoms with Crippen molar-refractivity contribution in [2.75, 3.05) is 73.6 Å². The van der Waals surface area contributed by atoms with Gasteiger partial charge in [0.2, 0.25) is 0 Å². The average molecular weight is 345 g/mol. The largest absolute Gasteiger partial charge is 0.463 e. The molecule has 0 saturated heterocycles. The fraction of sp³-hybridized carbons (Fsp3) is 0.944. The van der Waals surface area contributed by atoms with Crippen molar-refractivity contribution in [3.05, 3.63) is 0 Å². The van der Waals surface area contributed by atoms with Crippen LogP contribution in [0.1, 0.15) is 39.0 Å². The molecule has 0 unspecified atom stereocenters. The van der Waals surface area contributed by atoms with Gasteiger partial charge < -0.3 is 25.2 Å². The summed E-state index contributed by atoms with van der Waals surface area (Å²) >= 11 is 0. The molecular formula is C18H40N4O2. The molecule has 0 saturated carbocycles. The second kappa shape index (κ2) is 17.1. The summed E-state index contributed by atoms with van der Waals surface area (Å²) in [4.78, 5) is 15.9. The highest BCUT2D eigenvalue weighted by Gasteiger charge is 2.02. The fourth-order valence-corrected chi connectivity index (χ4v) is 2.28. The summed E-state index contributed by atoms with van der Waals surface area (Å²) in [7, 11) is 6.13. The predicted octanol–water partition coefficient (Wildman–Crippen LogP) is 1.17.